The summed E-state index contributed by atoms with van der Waals surface area (Å²) in [6.45, 7) is 9.36. The molecule has 0 aliphatic heterocycles. The van der Waals surface area contributed by atoms with Crippen LogP contribution >= 0.6 is 0 Å². The zero-order valence-electron chi connectivity index (χ0n) is 20.2. The van der Waals surface area contributed by atoms with Gasteiger partial charge in [-0.05, 0) is 43.4 Å². The predicted octanol–water partition coefficient (Wildman–Crippen LogP) is 6.62. The second-order valence-electron chi connectivity index (χ2n) is 8.69. The van der Waals surface area contributed by atoms with Crippen molar-refractivity contribution in [2.24, 2.45) is 5.41 Å². The number of oxazole rings is 1. The molecular weight excluding hydrogens is 472 g/mol. The first-order valence-corrected chi connectivity index (χ1v) is 11.6. The molecule has 0 radical (unpaired) electrons. The van der Waals surface area contributed by atoms with Crippen molar-refractivity contribution in [1.82, 2.24) is 4.98 Å². The van der Waals surface area contributed by atoms with Gasteiger partial charge in [-0.3, -0.25) is 5.32 Å². The molecule has 2 aromatic carbocycles. The number of nitrogens with one attached hydrogen (secondary N) is 1. The summed E-state index contributed by atoms with van der Waals surface area (Å²) in [5, 5.41) is 13.3. The number of amides is 1. The van der Waals surface area contributed by atoms with Crippen LogP contribution in [0.15, 0.2) is 88.1 Å². The number of aliphatic hydroxyl groups is 1. The molecule has 8 nitrogen and oxygen atoms in total. The normalized spacial score (nSPS) is 13.3. The largest absolute Gasteiger partial charge is 0.512 e. The minimum absolute atomic E-state index is 0.0156. The van der Waals surface area contributed by atoms with Crippen LogP contribution in [0.2, 0.25) is 0 Å². The van der Waals surface area contributed by atoms with Crippen LogP contribution in [0, 0.1) is 24.2 Å². The van der Waals surface area contributed by atoms with Gasteiger partial charge in [-0.2, -0.15) is 0 Å². The first-order chi connectivity index (χ1) is 17.9. The summed E-state index contributed by atoms with van der Waals surface area (Å²) in [7, 11) is 0. The highest BCUT2D eigenvalue weighted by atomic mass is 16.6. The summed E-state index contributed by atoms with van der Waals surface area (Å²) in [5.41, 5.74) is 1.62. The number of ether oxygens (including phenoxy) is 2. The van der Waals surface area contributed by atoms with Gasteiger partial charge in [0, 0.05) is 11.3 Å². The number of hydrogen-bond acceptors (Lipinski definition) is 7. The van der Waals surface area contributed by atoms with Gasteiger partial charge in [0.2, 0.25) is 5.76 Å². The number of carbonyl (C=O) groups excluding carboxylic acids is 1. The Labute approximate surface area is 213 Å². The van der Waals surface area contributed by atoms with Gasteiger partial charge < -0.3 is 23.4 Å². The van der Waals surface area contributed by atoms with Crippen molar-refractivity contribution in [3.8, 4) is 17.8 Å². The number of aliphatic hydroxyl groups excluding tert-OH is 1. The van der Waals surface area contributed by atoms with Crippen LogP contribution in [-0.2, 0) is 11.3 Å². The summed E-state index contributed by atoms with van der Waals surface area (Å²) in [6, 6.07) is 16.6. The zero-order chi connectivity index (χ0) is 26.0. The molecule has 0 bridgehead atoms. The van der Waals surface area contributed by atoms with E-state index >= 15 is 0 Å². The lowest BCUT2D eigenvalue weighted by molar-refractivity contribution is 0.155. The van der Waals surface area contributed by atoms with Gasteiger partial charge in [-0.15, -0.1) is 0 Å². The molecule has 1 aliphatic carbocycles. The monoisotopic (exact) mass is 496 g/mol. The first-order valence-electron chi connectivity index (χ1n) is 11.6. The number of anilines is 1. The lowest BCUT2D eigenvalue weighted by atomic mass is 10.0. The van der Waals surface area contributed by atoms with E-state index in [1.165, 1.54) is 0 Å². The van der Waals surface area contributed by atoms with Gasteiger partial charge in [0.05, 0.1) is 11.2 Å². The van der Waals surface area contributed by atoms with E-state index in [1.54, 1.807) is 13.0 Å². The van der Waals surface area contributed by atoms with Gasteiger partial charge in [0.1, 0.15) is 29.3 Å². The van der Waals surface area contributed by atoms with Crippen LogP contribution < -0.4 is 10.1 Å². The Morgan fingerprint density at radius 1 is 1.11 bits per heavy atom. The molecule has 4 aromatic rings. The topological polar surface area (TPSA) is 107 Å². The van der Waals surface area contributed by atoms with E-state index < -0.39 is 11.5 Å². The highest BCUT2D eigenvalue weighted by molar-refractivity contribution is 6.00. The Kier molecular flexibility index (Phi) is 6.20. The lowest BCUT2D eigenvalue weighted by Gasteiger charge is -2.15. The van der Waals surface area contributed by atoms with E-state index in [4.69, 9.17) is 18.3 Å². The Morgan fingerprint density at radius 3 is 2.57 bits per heavy atom. The molecule has 1 amide bonds. The molecule has 2 heterocycles. The number of hydrogen-bond donors (Lipinski definition) is 2. The molecule has 1 saturated carbocycles. The summed E-state index contributed by atoms with van der Waals surface area (Å²) in [5.74, 6) is 6.49. The number of benzene rings is 2. The van der Waals surface area contributed by atoms with Crippen LogP contribution in [-0.4, -0.2) is 16.2 Å². The minimum Gasteiger partial charge on any atom is -0.512 e. The number of fused-ring (bicyclic) bond motifs is 1. The van der Waals surface area contributed by atoms with Gasteiger partial charge in [-0.25, -0.2) is 9.78 Å². The van der Waals surface area contributed by atoms with Crippen molar-refractivity contribution >= 4 is 22.7 Å². The van der Waals surface area contributed by atoms with E-state index in [9.17, 15) is 9.90 Å². The Balaban J connectivity index is 1.35. The van der Waals surface area contributed by atoms with Crippen molar-refractivity contribution in [3.63, 3.8) is 0 Å². The van der Waals surface area contributed by atoms with Gasteiger partial charge >= 0.3 is 12.0 Å². The molecule has 0 unspecified atom stereocenters. The van der Waals surface area contributed by atoms with E-state index in [2.05, 4.69) is 35.3 Å². The third kappa shape index (κ3) is 4.93. The second-order valence-corrected chi connectivity index (χ2v) is 8.69. The maximum Gasteiger partial charge on any atom is 0.412 e. The number of rotatable bonds is 7. The van der Waals surface area contributed by atoms with Crippen molar-refractivity contribution < 1.29 is 28.2 Å². The molecular formula is C29H24N2O6. The smallest absolute Gasteiger partial charge is 0.412 e. The van der Waals surface area contributed by atoms with Gasteiger partial charge in [0.15, 0.2) is 0 Å². The molecule has 0 saturated heterocycles. The fourth-order valence-electron chi connectivity index (χ4n) is 3.82. The average molecular weight is 497 g/mol. The quantitative estimate of drug-likeness (QED) is 0.219. The van der Waals surface area contributed by atoms with E-state index in [1.807, 2.05) is 48.5 Å². The predicted molar refractivity (Wildman–Crippen MR) is 137 cm³/mol. The fourth-order valence-corrected chi connectivity index (χ4v) is 3.82. The second kappa shape index (κ2) is 9.63. The Bertz CT molecular complexity index is 1560. The number of nitrogens with zero attached hydrogens (tertiary/aromatic N) is 1. The van der Waals surface area contributed by atoms with Crippen LogP contribution in [0.1, 0.15) is 35.7 Å². The standard InChI is InChI=1S/C29H24N2O6/c1-18-27(35-20(3)29(15-16-29)19(2)32)37-25(30-18)14-13-24-26(22-11-7-8-12-23(22)36-24)31-28(33)34-17-21-9-5-4-6-10-21/h4-12,32H,2-3,15-17H2,1H3,(H,31,33). The van der Waals surface area contributed by atoms with Crippen molar-refractivity contribution in [2.45, 2.75) is 26.4 Å². The van der Waals surface area contributed by atoms with Crippen LogP contribution in [0.5, 0.6) is 5.95 Å². The maximum absolute atomic E-state index is 12.5. The summed E-state index contributed by atoms with van der Waals surface area (Å²) < 4.78 is 22.6. The SMILES string of the molecule is C=C(O)C1(C(=C)Oc2oc(C#Cc3oc4ccccc4c3NC(=O)OCc3ccccc3)nc2C)CC1. The molecule has 37 heavy (non-hydrogen) atoms. The lowest BCUT2D eigenvalue weighted by Crippen LogP contribution is -2.14. The van der Waals surface area contributed by atoms with Crippen molar-refractivity contribution in [3.05, 3.63) is 102 Å². The summed E-state index contributed by atoms with van der Waals surface area (Å²) in [6.07, 6.45) is 0.770. The molecule has 0 spiro atoms. The first kappa shape index (κ1) is 23.8. The molecule has 0 atom stereocenters. The average Bonchev–Trinajstić information content (AvgIpc) is 3.55. The number of furan rings is 1. The number of aromatic nitrogens is 1. The zero-order valence-corrected chi connectivity index (χ0v) is 20.2. The maximum atomic E-state index is 12.5. The Hall–Kier alpha value is -4.90. The van der Waals surface area contributed by atoms with Crippen LogP contribution in [0.3, 0.4) is 0 Å². The van der Waals surface area contributed by atoms with Crippen molar-refractivity contribution in [2.75, 3.05) is 5.32 Å². The van der Waals surface area contributed by atoms with Crippen LogP contribution in [0.25, 0.3) is 11.0 Å². The van der Waals surface area contributed by atoms with Crippen molar-refractivity contribution in [1.29, 1.82) is 0 Å². The van der Waals surface area contributed by atoms with Gasteiger partial charge in [0.25, 0.3) is 5.89 Å². The van der Waals surface area contributed by atoms with E-state index in [-0.39, 0.29) is 30.0 Å². The molecule has 5 rings (SSSR count). The molecule has 8 heteroatoms. The fraction of sp³-hybridized carbons (Fsp3) is 0.172. The number of aryl methyl sites for hydroxylation is 1. The third-order valence-electron chi connectivity index (χ3n) is 6.12. The molecule has 186 valence electrons. The highest BCUT2D eigenvalue weighted by Gasteiger charge is 2.50. The third-order valence-corrected chi connectivity index (χ3v) is 6.12. The highest BCUT2D eigenvalue weighted by Crippen LogP contribution is 2.55. The molecule has 2 N–H and O–H groups in total. The summed E-state index contributed by atoms with van der Waals surface area (Å²) in [4.78, 5) is 16.8. The van der Waals surface area contributed by atoms with E-state index in [0.29, 0.717) is 41.0 Å². The number of carbonyl (C=O) groups is 1. The Morgan fingerprint density at radius 2 is 1.84 bits per heavy atom. The molecule has 2 aromatic heterocycles. The molecule has 1 aliphatic rings. The van der Waals surface area contributed by atoms with Gasteiger partial charge in [-0.1, -0.05) is 55.6 Å². The molecule has 1 fully saturated rings. The summed E-state index contributed by atoms with van der Waals surface area (Å²) >= 11 is 0. The number of para-hydroxylation sites is 1. The minimum atomic E-state index is -0.644. The van der Waals surface area contributed by atoms with Crippen LogP contribution in [0.4, 0.5) is 10.5 Å². The van der Waals surface area contributed by atoms with E-state index in [0.717, 1.165) is 5.56 Å².